The first-order valence-corrected chi connectivity index (χ1v) is 10.1. The second-order valence-corrected chi connectivity index (χ2v) is 8.98. The van der Waals surface area contributed by atoms with Crippen LogP contribution in [0, 0.1) is 11.8 Å². The maximum Gasteiger partial charge on any atom is 0.408 e. The van der Waals surface area contributed by atoms with Gasteiger partial charge in [-0.3, -0.25) is 9.59 Å². The number of hydrogen-bond donors (Lipinski definition) is 2. The van der Waals surface area contributed by atoms with E-state index < -0.39 is 29.7 Å². The van der Waals surface area contributed by atoms with Crippen molar-refractivity contribution in [2.45, 2.75) is 78.5 Å². The van der Waals surface area contributed by atoms with Gasteiger partial charge in [0.15, 0.2) is 0 Å². The molecule has 0 aliphatic carbocycles. The Kier molecular flexibility index (Phi) is 8.91. The molecule has 1 saturated heterocycles. The van der Waals surface area contributed by atoms with Gasteiger partial charge in [0, 0.05) is 19.0 Å². The largest absolute Gasteiger partial charge is 0.548 e. The monoisotopic (exact) mass is 412 g/mol. The minimum Gasteiger partial charge on any atom is -0.548 e. The Labute approximate surface area is 172 Å². The first-order valence-electron chi connectivity index (χ1n) is 10.1. The molecule has 0 saturated carbocycles. The second kappa shape index (κ2) is 10.5. The standard InChI is InChI=1S/C20H35N3O6/c1-12(2)11-15(18(26)27)22-16(24)14-7-9-23(10-8-14)17(25)13(3)21-19(28)29-20(4,5)6/h12-15H,7-11H2,1-6H3,(H,21,28)(H,22,24)(H,26,27)/p-1/t13-,15-/m0/s1. The Hall–Kier alpha value is -2.32. The average Bonchev–Trinajstić information content (AvgIpc) is 2.58. The van der Waals surface area contributed by atoms with Crippen molar-refractivity contribution in [2.75, 3.05) is 13.1 Å². The number of rotatable bonds is 7. The summed E-state index contributed by atoms with van der Waals surface area (Å²) in [5, 5.41) is 16.3. The topological polar surface area (TPSA) is 128 Å². The molecule has 0 aromatic heterocycles. The quantitative estimate of drug-likeness (QED) is 0.624. The summed E-state index contributed by atoms with van der Waals surface area (Å²) in [6.07, 6.45) is 0.501. The van der Waals surface area contributed by atoms with Crippen molar-refractivity contribution >= 4 is 23.9 Å². The van der Waals surface area contributed by atoms with E-state index in [1.165, 1.54) is 0 Å². The third kappa shape index (κ3) is 8.70. The lowest BCUT2D eigenvalue weighted by molar-refractivity contribution is -0.308. The molecule has 0 spiro atoms. The molecule has 0 bridgehead atoms. The van der Waals surface area contributed by atoms with Crippen molar-refractivity contribution in [3.8, 4) is 0 Å². The van der Waals surface area contributed by atoms with E-state index in [9.17, 15) is 24.3 Å². The van der Waals surface area contributed by atoms with Crippen molar-refractivity contribution in [3.63, 3.8) is 0 Å². The fourth-order valence-corrected chi connectivity index (χ4v) is 3.16. The highest BCUT2D eigenvalue weighted by Gasteiger charge is 2.31. The minimum atomic E-state index is -1.29. The smallest absolute Gasteiger partial charge is 0.408 e. The van der Waals surface area contributed by atoms with Crippen LogP contribution in [0.4, 0.5) is 4.79 Å². The van der Waals surface area contributed by atoms with E-state index >= 15 is 0 Å². The molecule has 1 heterocycles. The predicted molar refractivity (Wildman–Crippen MR) is 105 cm³/mol. The average molecular weight is 413 g/mol. The lowest BCUT2D eigenvalue weighted by atomic mass is 9.94. The molecule has 3 amide bonds. The van der Waals surface area contributed by atoms with E-state index in [4.69, 9.17) is 4.74 Å². The van der Waals surface area contributed by atoms with Crippen LogP contribution in [0.2, 0.25) is 0 Å². The van der Waals surface area contributed by atoms with Crippen LogP contribution in [0.15, 0.2) is 0 Å². The molecule has 1 aliphatic heterocycles. The first kappa shape index (κ1) is 24.7. The number of carboxylic acid groups (broad SMARTS) is 1. The third-order valence-electron chi connectivity index (χ3n) is 4.59. The number of alkyl carbamates (subject to hydrolysis) is 1. The van der Waals surface area contributed by atoms with Crippen molar-refractivity contribution in [1.29, 1.82) is 0 Å². The van der Waals surface area contributed by atoms with Gasteiger partial charge in [-0.2, -0.15) is 0 Å². The molecule has 0 unspecified atom stereocenters. The lowest BCUT2D eigenvalue weighted by Gasteiger charge is -2.34. The van der Waals surface area contributed by atoms with Gasteiger partial charge in [-0.15, -0.1) is 0 Å². The molecule has 0 radical (unpaired) electrons. The van der Waals surface area contributed by atoms with Crippen LogP contribution in [0.25, 0.3) is 0 Å². The van der Waals surface area contributed by atoms with Crippen LogP contribution >= 0.6 is 0 Å². The van der Waals surface area contributed by atoms with Gasteiger partial charge < -0.3 is 30.2 Å². The van der Waals surface area contributed by atoms with Gasteiger partial charge in [-0.1, -0.05) is 13.8 Å². The Morgan fingerprint density at radius 3 is 2.07 bits per heavy atom. The summed E-state index contributed by atoms with van der Waals surface area (Å²) in [6, 6.07) is -1.76. The molecule has 1 aliphatic rings. The van der Waals surface area contributed by atoms with Crippen molar-refractivity contribution in [1.82, 2.24) is 15.5 Å². The number of nitrogens with one attached hydrogen (secondary N) is 2. The maximum absolute atomic E-state index is 12.5. The molecule has 9 heteroatoms. The number of likely N-dealkylation sites (tertiary alicyclic amines) is 1. The van der Waals surface area contributed by atoms with E-state index in [1.807, 2.05) is 13.8 Å². The van der Waals surface area contributed by atoms with Gasteiger partial charge in [-0.25, -0.2) is 4.79 Å². The number of hydrogen-bond acceptors (Lipinski definition) is 6. The summed E-state index contributed by atoms with van der Waals surface area (Å²) < 4.78 is 5.15. The lowest BCUT2D eigenvalue weighted by Crippen LogP contribution is -2.53. The second-order valence-electron chi connectivity index (χ2n) is 8.98. The summed E-state index contributed by atoms with van der Waals surface area (Å²) in [6.45, 7) is 11.3. The van der Waals surface area contributed by atoms with E-state index in [-0.39, 0.29) is 23.7 Å². The summed E-state index contributed by atoms with van der Waals surface area (Å²) in [4.78, 5) is 49.6. The first-order chi connectivity index (χ1) is 13.3. The Bertz CT molecular complexity index is 606. The summed E-state index contributed by atoms with van der Waals surface area (Å²) in [5.74, 6) is -2.12. The Morgan fingerprint density at radius 2 is 1.62 bits per heavy atom. The van der Waals surface area contributed by atoms with Crippen LogP contribution in [0.1, 0.15) is 60.8 Å². The number of ether oxygens (including phenoxy) is 1. The molecule has 1 rings (SSSR count). The van der Waals surface area contributed by atoms with E-state index in [1.54, 1.807) is 32.6 Å². The van der Waals surface area contributed by atoms with Gasteiger partial charge in [0.25, 0.3) is 0 Å². The molecule has 0 aromatic carbocycles. The summed E-state index contributed by atoms with van der Waals surface area (Å²) in [5.41, 5.74) is -0.655. The normalized spacial score (nSPS) is 17.4. The highest BCUT2D eigenvalue weighted by molar-refractivity contribution is 5.86. The maximum atomic E-state index is 12.5. The fourth-order valence-electron chi connectivity index (χ4n) is 3.16. The molecule has 2 atom stereocenters. The zero-order valence-electron chi connectivity index (χ0n) is 18.2. The van der Waals surface area contributed by atoms with Gasteiger partial charge >= 0.3 is 6.09 Å². The van der Waals surface area contributed by atoms with Gasteiger partial charge in [0.2, 0.25) is 11.8 Å². The van der Waals surface area contributed by atoms with E-state index in [2.05, 4.69) is 10.6 Å². The predicted octanol–water partition coefficient (Wildman–Crippen LogP) is 0.419. The number of aliphatic carboxylic acids is 1. The molecule has 1 fully saturated rings. The molecule has 9 nitrogen and oxygen atoms in total. The zero-order valence-corrected chi connectivity index (χ0v) is 18.2. The number of nitrogens with zero attached hydrogens (tertiary/aromatic N) is 1. The molecule has 29 heavy (non-hydrogen) atoms. The third-order valence-corrected chi connectivity index (χ3v) is 4.59. The number of carbonyl (C=O) groups is 4. The van der Waals surface area contributed by atoms with E-state index in [0.717, 1.165) is 0 Å². The van der Waals surface area contributed by atoms with Crippen molar-refractivity contribution < 1.29 is 29.0 Å². The number of piperidine rings is 1. The Morgan fingerprint density at radius 1 is 1.07 bits per heavy atom. The van der Waals surface area contributed by atoms with Crippen LogP contribution < -0.4 is 15.7 Å². The van der Waals surface area contributed by atoms with Gasteiger partial charge in [0.1, 0.15) is 11.6 Å². The molecule has 166 valence electrons. The molecular formula is C20H34N3O6-. The summed E-state index contributed by atoms with van der Waals surface area (Å²) >= 11 is 0. The fraction of sp³-hybridized carbons (Fsp3) is 0.800. The van der Waals surface area contributed by atoms with Crippen LogP contribution in [-0.2, 0) is 19.1 Å². The number of carbonyl (C=O) groups excluding carboxylic acids is 4. The van der Waals surface area contributed by atoms with Gasteiger partial charge in [0.05, 0.1) is 12.0 Å². The molecule has 2 N–H and O–H groups in total. The van der Waals surface area contributed by atoms with E-state index in [0.29, 0.717) is 32.4 Å². The number of carboxylic acids is 1. The van der Waals surface area contributed by atoms with Crippen LogP contribution in [0.3, 0.4) is 0 Å². The molecule has 0 aromatic rings. The highest BCUT2D eigenvalue weighted by atomic mass is 16.6. The van der Waals surface area contributed by atoms with Crippen molar-refractivity contribution in [3.05, 3.63) is 0 Å². The minimum absolute atomic E-state index is 0.108. The SMILES string of the molecule is CC(C)C[C@H](NC(=O)C1CCN(C(=O)[C@H](C)NC(=O)OC(C)(C)C)CC1)C(=O)[O-]. The van der Waals surface area contributed by atoms with Crippen molar-refractivity contribution in [2.24, 2.45) is 11.8 Å². The van der Waals surface area contributed by atoms with Crippen LogP contribution in [0.5, 0.6) is 0 Å². The molecular weight excluding hydrogens is 378 g/mol. The summed E-state index contributed by atoms with van der Waals surface area (Å²) in [7, 11) is 0. The highest BCUT2D eigenvalue weighted by Crippen LogP contribution is 2.19. The Balaban J connectivity index is 2.52. The zero-order chi connectivity index (χ0) is 22.4. The van der Waals surface area contributed by atoms with Gasteiger partial charge in [-0.05, 0) is 52.9 Å². The number of amides is 3. The van der Waals surface area contributed by atoms with Crippen LogP contribution in [-0.4, -0.2) is 59.6 Å².